The summed E-state index contributed by atoms with van der Waals surface area (Å²) in [5.41, 5.74) is 0. The van der Waals surface area contributed by atoms with E-state index in [1.54, 1.807) is 0 Å². The number of aliphatic hydroxyl groups is 2. The van der Waals surface area contributed by atoms with Crippen LogP contribution in [-0.2, 0) is 14.3 Å². The summed E-state index contributed by atoms with van der Waals surface area (Å²) in [6.45, 7) is 4.91. The van der Waals surface area contributed by atoms with Crippen LogP contribution in [0.3, 0.4) is 0 Å². The van der Waals surface area contributed by atoms with Gasteiger partial charge in [-0.15, -0.1) is 0 Å². The lowest BCUT2D eigenvalue weighted by molar-refractivity contribution is -0.143. The van der Waals surface area contributed by atoms with Gasteiger partial charge in [0.05, 0.1) is 25.4 Å². The third-order valence-electron chi connectivity index (χ3n) is 13.2. The van der Waals surface area contributed by atoms with Crippen LogP contribution in [0.4, 0.5) is 0 Å². The van der Waals surface area contributed by atoms with Crippen molar-refractivity contribution in [2.75, 3.05) is 13.2 Å². The average Bonchev–Trinajstić information content (AvgIpc) is 3.29. The van der Waals surface area contributed by atoms with E-state index in [4.69, 9.17) is 4.74 Å². The molecule has 0 aliphatic rings. The summed E-state index contributed by atoms with van der Waals surface area (Å²) in [6, 6.07) is -0.546. The van der Waals surface area contributed by atoms with Gasteiger partial charge in [-0.25, -0.2) is 0 Å². The highest BCUT2D eigenvalue weighted by molar-refractivity contribution is 5.76. The van der Waals surface area contributed by atoms with Crippen LogP contribution >= 0.6 is 0 Å². The molecular formula is C58H111NO5. The van der Waals surface area contributed by atoms with Crippen LogP contribution in [0.5, 0.6) is 0 Å². The normalized spacial score (nSPS) is 12.8. The second-order valence-electron chi connectivity index (χ2n) is 19.6. The number of rotatable bonds is 53. The summed E-state index contributed by atoms with van der Waals surface area (Å²) in [4.78, 5) is 24.4. The number of esters is 1. The van der Waals surface area contributed by atoms with Crippen molar-refractivity contribution in [1.29, 1.82) is 0 Å². The van der Waals surface area contributed by atoms with Gasteiger partial charge in [0.25, 0.3) is 0 Å². The van der Waals surface area contributed by atoms with Crippen molar-refractivity contribution in [2.45, 2.75) is 321 Å². The van der Waals surface area contributed by atoms with Crippen LogP contribution < -0.4 is 5.32 Å². The summed E-state index contributed by atoms with van der Waals surface area (Å²) < 4.78 is 5.45. The first-order valence-corrected chi connectivity index (χ1v) is 28.6. The van der Waals surface area contributed by atoms with Crippen molar-refractivity contribution in [1.82, 2.24) is 5.32 Å². The SMILES string of the molecule is CCCC/C=C\CCCCCCCC(=O)OCCCCCCCCCCCCC/C=C\CCCCCCCCCC(=O)NC(CO)C(O)CCCCCCCCCCCCCCCC. The van der Waals surface area contributed by atoms with Gasteiger partial charge in [-0.2, -0.15) is 0 Å². The van der Waals surface area contributed by atoms with E-state index in [2.05, 4.69) is 43.5 Å². The molecule has 0 aliphatic carbocycles. The number of unbranched alkanes of at least 4 members (excludes halogenated alkanes) is 38. The van der Waals surface area contributed by atoms with E-state index in [0.29, 0.717) is 25.9 Å². The molecule has 378 valence electrons. The van der Waals surface area contributed by atoms with Crippen LogP contribution in [0.15, 0.2) is 24.3 Å². The number of ether oxygens (including phenoxy) is 1. The molecule has 0 bridgehead atoms. The van der Waals surface area contributed by atoms with Gasteiger partial charge in [0.15, 0.2) is 0 Å². The molecule has 6 heteroatoms. The van der Waals surface area contributed by atoms with Gasteiger partial charge in [-0.05, 0) is 70.6 Å². The van der Waals surface area contributed by atoms with Crippen LogP contribution in [-0.4, -0.2) is 47.4 Å². The topological polar surface area (TPSA) is 95.9 Å². The summed E-state index contributed by atoms with van der Waals surface area (Å²) in [5, 5.41) is 23.2. The molecule has 0 spiro atoms. The Hall–Kier alpha value is -1.66. The Bertz CT molecular complexity index is 997. The number of allylic oxidation sites excluding steroid dienone is 4. The quantitative estimate of drug-likeness (QED) is 0.0321. The van der Waals surface area contributed by atoms with Crippen molar-refractivity contribution >= 4 is 11.9 Å². The summed E-state index contributed by atoms with van der Waals surface area (Å²) in [5.74, 6) is -0.0424. The number of carbonyl (C=O) groups is 2. The van der Waals surface area contributed by atoms with Crippen LogP contribution in [0.2, 0.25) is 0 Å². The maximum atomic E-state index is 12.5. The molecule has 1 amide bonds. The second-order valence-corrected chi connectivity index (χ2v) is 19.6. The Labute approximate surface area is 399 Å². The van der Waals surface area contributed by atoms with Gasteiger partial charge in [0, 0.05) is 12.8 Å². The smallest absolute Gasteiger partial charge is 0.305 e. The fourth-order valence-electron chi connectivity index (χ4n) is 8.79. The number of carbonyl (C=O) groups excluding carboxylic acids is 2. The van der Waals surface area contributed by atoms with Gasteiger partial charge in [0.1, 0.15) is 0 Å². The van der Waals surface area contributed by atoms with E-state index >= 15 is 0 Å². The molecule has 0 saturated carbocycles. The molecule has 3 N–H and O–H groups in total. The van der Waals surface area contributed by atoms with E-state index in [1.165, 1.54) is 231 Å². The Morgan fingerprint density at radius 2 is 0.750 bits per heavy atom. The van der Waals surface area contributed by atoms with Gasteiger partial charge in [0.2, 0.25) is 5.91 Å². The Morgan fingerprint density at radius 1 is 0.422 bits per heavy atom. The minimum Gasteiger partial charge on any atom is -0.466 e. The molecule has 0 rings (SSSR count). The minimum absolute atomic E-state index is 0.00116. The third kappa shape index (κ3) is 49.8. The molecule has 2 atom stereocenters. The second kappa shape index (κ2) is 54.0. The zero-order valence-corrected chi connectivity index (χ0v) is 43.0. The number of hydrogen-bond acceptors (Lipinski definition) is 5. The molecule has 0 aromatic carbocycles. The fraction of sp³-hybridized carbons (Fsp3) is 0.897. The molecule has 6 nitrogen and oxygen atoms in total. The lowest BCUT2D eigenvalue weighted by Gasteiger charge is -2.22. The minimum atomic E-state index is -0.668. The van der Waals surface area contributed by atoms with Crippen LogP contribution in [0.1, 0.15) is 309 Å². The van der Waals surface area contributed by atoms with Crippen molar-refractivity contribution in [2.24, 2.45) is 0 Å². The zero-order chi connectivity index (χ0) is 46.5. The molecule has 0 aromatic rings. The van der Waals surface area contributed by atoms with Crippen LogP contribution in [0, 0.1) is 0 Å². The molecular weight excluding hydrogens is 791 g/mol. The van der Waals surface area contributed by atoms with Crippen molar-refractivity contribution in [3.05, 3.63) is 24.3 Å². The fourth-order valence-corrected chi connectivity index (χ4v) is 8.79. The largest absolute Gasteiger partial charge is 0.466 e. The number of hydrogen-bond donors (Lipinski definition) is 3. The van der Waals surface area contributed by atoms with Gasteiger partial charge in [-0.3, -0.25) is 9.59 Å². The summed E-state index contributed by atoms with van der Waals surface area (Å²) in [7, 11) is 0. The number of aliphatic hydroxyl groups excluding tert-OH is 2. The molecule has 0 fully saturated rings. The van der Waals surface area contributed by atoms with Gasteiger partial charge < -0.3 is 20.3 Å². The van der Waals surface area contributed by atoms with Gasteiger partial charge >= 0.3 is 5.97 Å². The highest BCUT2D eigenvalue weighted by Crippen LogP contribution is 2.17. The first kappa shape index (κ1) is 62.3. The Kier molecular flexibility index (Phi) is 52.6. The lowest BCUT2D eigenvalue weighted by atomic mass is 10.0. The van der Waals surface area contributed by atoms with Crippen molar-refractivity contribution in [3.63, 3.8) is 0 Å². The maximum absolute atomic E-state index is 12.5. The van der Waals surface area contributed by atoms with Crippen LogP contribution in [0.25, 0.3) is 0 Å². The van der Waals surface area contributed by atoms with E-state index in [9.17, 15) is 19.8 Å². The maximum Gasteiger partial charge on any atom is 0.305 e. The first-order valence-electron chi connectivity index (χ1n) is 28.6. The van der Waals surface area contributed by atoms with E-state index in [0.717, 1.165) is 44.9 Å². The highest BCUT2D eigenvalue weighted by atomic mass is 16.5. The number of nitrogens with one attached hydrogen (secondary N) is 1. The van der Waals surface area contributed by atoms with E-state index in [-0.39, 0.29) is 18.5 Å². The van der Waals surface area contributed by atoms with Crippen molar-refractivity contribution < 1.29 is 24.5 Å². The Balaban J connectivity index is 3.42. The Morgan fingerprint density at radius 3 is 1.16 bits per heavy atom. The molecule has 0 radical (unpaired) electrons. The molecule has 0 aliphatic heterocycles. The molecule has 0 heterocycles. The molecule has 64 heavy (non-hydrogen) atoms. The summed E-state index contributed by atoms with van der Waals surface area (Å²) >= 11 is 0. The molecule has 2 unspecified atom stereocenters. The van der Waals surface area contributed by atoms with Crippen molar-refractivity contribution in [3.8, 4) is 0 Å². The standard InChI is InChI=1S/C58H111NO5/c1-3-5-7-9-11-13-15-16-27-31-34-38-42-46-50-56(61)55(54-60)59-57(62)51-47-43-39-35-32-28-25-23-21-19-17-18-20-22-24-26-29-33-37-41-45-49-53-64-58(63)52-48-44-40-36-30-14-12-10-8-6-4-2/h10,12,19,21,55-56,60-61H,3-9,11,13-18,20,22-54H2,1-2H3,(H,59,62)/b12-10-,21-19-. The predicted octanol–water partition coefficient (Wildman–Crippen LogP) is 17.5. The third-order valence-corrected chi connectivity index (χ3v) is 13.2. The highest BCUT2D eigenvalue weighted by Gasteiger charge is 2.20. The number of amides is 1. The monoisotopic (exact) mass is 902 g/mol. The van der Waals surface area contributed by atoms with E-state index in [1.807, 2.05) is 0 Å². The summed E-state index contributed by atoms with van der Waals surface area (Å²) in [6.07, 6.45) is 64.5. The molecule has 0 saturated heterocycles. The molecule has 0 aromatic heterocycles. The average molecular weight is 903 g/mol. The predicted molar refractivity (Wildman–Crippen MR) is 278 cm³/mol. The first-order chi connectivity index (χ1) is 31.5. The lowest BCUT2D eigenvalue weighted by Crippen LogP contribution is -2.45. The van der Waals surface area contributed by atoms with E-state index < -0.39 is 12.1 Å². The van der Waals surface area contributed by atoms with Gasteiger partial charge in [-0.1, -0.05) is 250 Å². The zero-order valence-electron chi connectivity index (χ0n) is 43.0.